The second kappa shape index (κ2) is 9.48. The Hall–Kier alpha value is -3.28. The van der Waals surface area contributed by atoms with Gasteiger partial charge in [0.25, 0.3) is 0 Å². The van der Waals surface area contributed by atoms with Gasteiger partial charge in [0.2, 0.25) is 5.89 Å². The fourth-order valence-electron chi connectivity index (χ4n) is 3.84. The molecule has 3 aromatic rings. The molecule has 30 heavy (non-hydrogen) atoms. The van der Waals surface area contributed by atoms with Gasteiger partial charge in [0.15, 0.2) is 5.96 Å². The first-order valence-corrected chi connectivity index (χ1v) is 10.6. The van der Waals surface area contributed by atoms with Crippen LogP contribution in [0, 0.1) is 0 Å². The summed E-state index contributed by atoms with van der Waals surface area (Å²) in [7, 11) is 0. The molecule has 1 aliphatic carbocycles. The molecule has 0 aliphatic heterocycles. The van der Waals surface area contributed by atoms with Crippen LogP contribution in [0.25, 0.3) is 11.5 Å². The number of fused-ring (bicyclic) bond motifs is 1. The number of rotatable bonds is 6. The van der Waals surface area contributed by atoms with Crippen LogP contribution >= 0.6 is 0 Å². The van der Waals surface area contributed by atoms with Gasteiger partial charge in [-0.1, -0.05) is 24.3 Å². The number of nitrogens with zero attached hydrogens (tertiary/aromatic N) is 2. The molecule has 0 saturated heterocycles. The fraction of sp³-hybridized carbons (Fsp3) is 0.333. The van der Waals surface area contributed by atoms with E-state index < -0.39 is 0 Å². The van der Waals surface area contributed by atoms with Crippen molar-refractivity contribution in [2.45, 2.75) is 45.7 Å². The Bertz CT molecular complexity index is 1010. The van der Waals surface area contributed by atoms with Crippen LogP contribution in [-0.4, -0.2) is 22.6 Å². The largest absolute Gasteiger partial charge is 0.508 e. The summed E-state index contributed by atoms with van der Waals surface area (Å²) in [4.78, 5) is 9.26. The molecule has 0 unspecified atom stereocenters. The van der Waals surface area contributed by atoms with Crippen molar-refractivity contribution in [1.82, 2.24) is 15.6 Å². The zero-order chi connectivity index (χ0) is 20.8. The van der Waals surface area contributed by atoms with E-state index in [1.807, 2.05) is 37.3 Å². The van der Waals surface area contributed by atoms with Crippen molar-refractivity contribution >= 4 is 5.96 Å². The van der Waals surface area contributed by atoms with Crippen molar-refractivity contribution in [2.75, 3.05) is 6.54 Å². The van der Waals surface area contributed by atoms with Crippen LogP contribution < -0.4 is 10.6 Å². The second-order valence-corrected chi connectivity index (χ2v) is 7.47. The summed E-state index contributed by atoms with van der Waals surface area (Å²) in [5.41, 5.74) is 5.31. The van der Waals surface area contributed by atoms with Crippen LogP contribution in [0.5, 0.6) is 5.75 Å². The van der Waals surface area contributed by atoms with E-state index in [4.69, 9.17) is 9.41 Å². The molecule has 3 N–H and O–H groups in total. The lowest BCUT2D eigenvalue weighted by atomic mass is 9.88. The molecule has 0 bridgehead atoms. The molecular formula is C24H28N4O2. The summed E-state index contributed by atoms with van der Waals surface area (Å²) >= 11 is 0. The molecule has 1 heterocycles. The average Bonchev–Trinajstić information content (AvgIpc) is 3.26. The van der Waals surface area contributed by atoms with E-state index in [1.54, 1.807) is 12.3 Å². The molecule has 4 rings (SSSR count). The Morgan fingerprint density at radius 2 is 1.93 bits per heavy atom. The number of hydrogen-bond donors (Lipinski definition) is 3. The van der Waals surface area contributed by atoms with Crippen molar-refractivity contribution in [2.24, 2.45) is 4.99 Å². The van der Waals surface area contributed by atoms with Gasteiger partial charge < -0.3 is 20.2 Å². The third kappa shape index (κ3) is 4.64. The van der Waals surface area contributed by atoms with Crippen molar-refractivity contribution in [3.63, 3.8) is 0 Å². The number of phenols is 1. The van der Waals surface area contributed by atoms with Gasteiger partial charge in [0.05, 0.1) is 18.8 Å². The average molecular weight is 405 g/mol. The standard InChI is InChI=1S/C24H28N4O2/c1-2-25-24(26-14-19-16-30-23(28-19)18-9-4-3-5-10-18)27-15-21-20-11-7-6-8-17(20)12-13-22(21)29/h3-5,9-10,12-13,16,29H,2,6-8,11,14-15H2,1H3,(H2,25,26,27). The number of hydrogen-bond acceptors (Lipinski definition) is 4. The molecule has 1 aliphatic rings. The predicted molar refractivity (Wildman–Crippen MR) is 118 cm³/mol. The molecule has 6 nitrogen and oxygen atoms in total. The number of nitrogens with one attached hydrogen (secondary N) is 2. The number of guanidine groups is 1. The van der Waals surface area contributed by atoms with Gasteiger partial charge in [-0.25, -0.2) is 9.98 Å². The maximum absolute atomic E-state index is 10.4. The molecule has 156 valence electrons. The van der Waals surface area contributed by atoms with Crippen molar-refractivity contribution < 1.29 is 9.52 Å². The van der Waals surface area contributed by atoms with Gasteiger partial charge >= 0.3 is 0 Å². The Morgan fingerprint density at radius 1 is 1.10 bits per heavy atom. The first-order chi connectivity index (χ1) is 14.7. The summed E-state index contributed by atoms with van der Waals surface area (Å²) in [5.74, 6) is 1.63. The first kappa shape index (κ1) is 20.0. The molecule has 0 fully saturated rings. The van der Waals surface area contributed by atoms with Crippen molar-refractivity contribution in [3.05, 3.63) is 71.1 Å². The molecule has 0 radical (unpaired) electrons. The van der Waals surface area contributed by atoms with Crippen LogP contribution in [0.4, 0.5) is 0 Å². The van der Waals surface area contributed by atoms with Gasteiger partial charge in [0.1, 0.15) is 12.0 Å². The first-order valence-electron chi connectivity index (χ1n) is 10.6. The smallest absolute Gasteiger partial charge is 0.226 e. The molecule has 2 aromatic carbocycles. The minimum atomic E-state index is 0.333. The van der Waals surface area contributed by atoms with E-state index in [9.17, 15) is 5.11 Å². The van der Waals surface area contributed by atoms with Gasteiger partial charge in [0, 0.05) is 17.7 Å². The fourth-order valence-corrected chi connectivity index (χ4v) is 3.84. The predicted octanol–water partition coefficient (Wildman–Crippen LogP) is 4.18. The topological polar surface area (TPSA) is 82.7 Å². The van der Waals surface area contributed by atoms with Crippen molar-refractivity contribution in [1.29, 1.82) is 0 Å². The van der Waals surface area contributed by atoms with E-state index >= 15 is 0 Å². The number of benzene rings is 2. The lowest BCUT2D eigenvalue weighted by Crippen LogP contribution is -2.36. The third-order valence-electron chi connectivity index (χ3n) is 5.38. The van der Waals surface area contributed by atoms with E-state index in [0.29, 0.717) is 30.7 Å². The van der Waals surface area contributed by atoms with Crippen molar-refractivity contribution in [3.8, 4) is 17.2 Å². The molecule has 0 spiro atoms. The normalized spacial score (nSPS) is 13.7. The summed E-state index contributed by atoms with van der Waals surface area (Å²) in [5, 5.41) is 17.0. The summed E-state index contributed by atoms with van der Waals surface area (Å²) in [6.07, 6.45) is 6.15. The van der Waals surface area contributed by atoms with Gasteiger partial charge in [-0.3, -0.25) is 0 Å². The monoisotopic (exact) mass is 404 g/mol. The molecule has 0 atom stereocenters. The number of aliphatic imine (C=N–C) groups is 1. The van der Waals surface area contributed by atoms with Crippen LogP contribution in [0.1, 0.15) is 42.1 Å². The van der Waals surface area contributed by atoms with Gasteiger partial charge in [-0.2, -0.15) is 0 Å². The second-order valence-electron chi connectivity index (χ2n) is 7.47. The summed E-state index contributed by atoms with van der Waals surface area (Å²) in [6, 6.07) is 13.7. The lowest BCUT2D eigenvalue weighted by molar-refractivity contribution is 0.465. The molecular weight excluding hydrogens is 376 g/mol. The van der Waals surface area contributed by atoms with Crippen LogP contribution in [0.15, 0.2) is 58.1 Å². The van der Waals surface area contributed by atoms with E-state index in [0.717, 1.165) is 36.2 Å². The van der Waals surface area contributed by atoms with Crippen LogP contribution in [-0.2, 0) is 25.9 Å². The zero-order valence-corrected chi connectivity index (χ0v) is 17.3. The maximum Gasteiger partial charge on any atom is 0.226 e. The SMILES string of the molecule is CCNC(=NCc1c(O)ccc2c1CCCC2)NCc1coc(-c2ccccc2)n1. The summed E-state index contributed by atoms with van der Waals surface area (Å²) in [6.45, 7) is 3.72. The molecule has 0 saturated carbocycles. The van der Waals surface area contributed by atoms with Gasteiger partial charge in [-0.15, -0.1) is 0 Å². The zero-order valence-electron chi connectivity index (χ0n) is 17.3. The van der Waals surface area contributed by atoms with E-state index in [-0.39, 0.29) is 0 Å². The summed E-state index contributed by atoms with van der Waals surface area (Å²) < 4.78 is 5.61. The minimum absolute atomic E-state index is 0.333. The lowest BCUT2D eigenvalue weighted by Gasteiger charge is -2.20. The van der Waals surface area contributed by atoms with E-state index in [2.05, 4.69) is 21.7 Å². The van der Waals surface area contributed by atoms with Crippen LogP contribution in [0.2, 0.25) is 0 Å². The number of oxazole rings is 1. The maximum atomic E-state index is 10.4. The quantitative estimate of drug-likeness (QED) is 0.424. The van der Waals surface area contributed by atoms with Crippen LogP contribution in [0.3, 0.4) is 0 Å². The highest BCUT2D eigenvalue weighted by molar-refractivity contribution is 5.79. The highest BCUT2D eigenvalue weighted by atomic mass is 16.3. The Balaban J connectivity index is 1.45. The van der Waals surface area contributed by atoms with E-state index in [1.165, 1.54) is 24.0 Å². The molecule has 6 heteroatoms. The molecule has 0 amide bonds. The number of phenolic OH excluding ortho intramolecular Hbond substituents is 1. The minimum Gasteiger partial charge on any atom is -0.508 e. The Kier molecular flexibility index (Phi) is 6.32. The Morgan fingerprint density at radius 3 is 2.77 bits per heavy atom. The molecule has 1 aromatic heterocycles. The number of aryl methyl sites for hydroxylation is 1. The number of aromatic nitrogens is 1. The number of aromatic hydroxyl groups is 1. The van der Waals surface area contributed by atoms with Gasteiger partial charge in [-0.05, 0) is 61.9 Å². The highest BCUT2D eigenvalue weighted by Gasteiger charge is 2.16. The highest BCUT2D eigenvalue weighted by Crippen LogP contribution is 2.31. The Labute approximate surface area is 177 Å². The third-order valence-corrected chi connectivity index (χ3v) is 5.38.